The molecule has 1 unspecified atom stereocenters. The normalized spacial score (nSPS) is 13.1. The Morgan fingerprint density at radius 1 is 1.50 bits per heavy atom. The van der Waals surface area contributed by atoms with Gasteiger partial charge in [-0.1, -0.05) is 20.3 Å². The van der Waals surface area contributed by atoms with Crippen molar-refractivity contribution in [3.8, 4) is 0 Å². The fraction of sp³-hybridized carbons (Fsp3) is 0.700. The van der Waals surface area contributed by atoms with Crippen LogP contribution in [0.15, 0.2) is 12.4 Å². The molecule has 0 aromatic carbocycles. The highest BCUT2D eigenvalue weighted by molar-refractivity contribution is 5.09. The molecule has 1 aromatic rings. The highest BCUT2D eigenvalue weighted by Crippen LogP contribution is 2.16. The molecule has 3 N–H and O–H groups in total. The zero-order chi connectivity index (χ0) is 10.4. The minimum atomic E-state index is 0.241. The van der Waals surface area contributed by atoms with Crippen LogP contribution in [-0.2, 0) is 6.54 Å². The van der Waals surface area contributed by atoms with Crippen molar-refractivity contribution in [2.75, 3.05) is 0 Å². The van der Waals surface area contributed by atoms with E-state index in [1.807, 2.05) is 10.9 Å². The van der Waals surface area contributed by atoms with E-state index in [2.05, 4.69) is 30.6 Å². The molecule has 1 aromatic heterocycles. The van der Waals surface area contributed by atoms with E-state index >= 15 is 0 Å². The van der Waals surface area contributed by atoms with E-state index in [0.29, 0.717) is 0 Å². The maximum absolute atomic E-state index is 5.49. The summed E-state index contributed by atoms with van der Waals surface area (Å²) >= 11 is 0. The molecule has 0 aliphatic rings. The van der Waals surface area contributed by atoms with Crippen LogP contribution in [-0.4, -0.2) is 9.78 Å². The molecule has 1 heterocycles. The van der Waals surface area contributed by atoms with Gasteiger partial charge in [0.25, 0.3) is 0 Å². The van der Waals surface area contributed by atoms with Gasteiger partial charge in [-0.25, -0.2) is 0 Å². The van der Waals surface area contributed by atoms with Crippen molar-refractivity contribution >= 4 is 0 Å². The molecule has 0 spiro atoms. The number of nitrogens with two attached hydrogens (primary N) is 1. The molecule has 0 fully saturated rings. The van der Waals surface area contributed by atoms with Gasteiger partial charge in [-0.3, -0.25) is 16.0 Å². The molecule has 0 bridgehead atoms. The second kappa shape index (κ2) is 5.78. The standard InChI is InChI=1S/C10H20N4/c1-3-5-10(13-11)9-7-12-14(8-9)6-4-2/h7-8,10,13H,3-6,11H2,1-2H3. The third-order valence-electron chi connectivity index (χ3n) is 2.29. The summed E-state index contributed by atoms with van der Waals surface area (Å²) in [6.07, 6.45) is 7.25. The predicted octanol–water partition coefficient (Wildman–Crippen LogP) is 1.60. The van der Waals surface area contributed by atoms with E-state index in [1.165, 1.54) is 5.56 Å². The van der Waals surface area contributed by atoms with Crippen LogP contribution >= 0.6 is 0 Å². The quantitative estimate of drug-likeness (QED) is 0.536. The number of aryl methyl sites for hydroxylation is 1. The minimum absolute atomic E-state index is 0.241. The molecule has 0 aliphatic carbocycles. The van der Waals surface area contributed by atoms with Crippen LogP contribution in [0.25, 0.3) is 0 Å². The topological polar surface area (TPSA) is 55.9 Å². The van der Waals surface area contributed by atoms with Gasteiger partial charge in [0.2, 0.25) is 0 Å². The zero-order valence-electron chi connectivity index (χ0n) is 9.03. The van der Waals surface area contributed by atoms with Crippen LogP contribution in [0.4, 0.5) is 0 Å². The Kier molecular flexibility index (Phi) is 4.62. The third-order valence-corrected chi connectivity index (χ3v) is 2.29. The predicted molar refractivity (Wildman–Crippen MR) is 57.5 cm³/mol. The first-order valence-corrected chi connectivity index (χ1v) is 5.30. The summed E-state index contributed by atoms with van der Waals surface area (Å²) in [5.41, 5.74) is 4.00. The minimum Gasteiger partial charge on any atom is -0.272 e. The van der Waals surface area contributed by atoms with Gasteiger partial charge in [0.05, 0.1) is 6.20 Å². The Morgan fingerprint density at radius 3 is 2.86 bits per heavy atom. The van der Waals surface area contributed by atoms with Crippen molar-refractivity contribution in [2.45, 2.75) is 45.7 Å². The van der Waals surface area contributed by atoms with Crippen molar-refractivity contribution < 1.29 is 0 Å². The lowest BCUT2D eigenvalue weighted by molar-refractivity contribution is 0.508. The maximum atomic E-state index is 5.49. The smallest absolute Gasteiger partial charge is 0.0538 e. The number of hydrogen-bond donors (Lipinski definition) is 2. The van der Waals surface area contributed by atoms with E-state index in [-0.39, 0.29) is 6.04 Å². The average molecular weight is 196 g/mol. The Bertz CT molecular complexity index is 256. The SMILES string of the molecule is CCCC(NN)c1cnn(CCC)c1. The second-order valence-electron chi connectivity index (χ2n) is 3.54. The first-order valence-electron chi connectivity index (χ1n) is 5.30. The van der Waals surface area contributed by atoms with Crippen molar-refractivity contribution in [1.29, 1.82) is 0 Å². The Morgan fingerprint density at radius 2 is 2.29 bits per heavy atom. The molecule has 0 aliphatic heterocycles. The monoisotopic (exact) mass is 196 g/mol. The van der Waals surface area contributed by atoms with E-state index in [4.69, 9.17) is 5.84 Å². The number of hydrazine groups is 1. The Labute approximate surface area is 85.5 Å². The van der Waals surface area contributed by atoms with Gasteiger partial charge in [-0.05, 0) is 12.8 Å². The molecular weight excluding hydrogens is 176 g/mol. The van der Waals surface area contributed by atoms with Crippen LogP contribution in [0.1, 0.15) is 44.7 Å². The van der Waals surface area contributed by atoms with E-state index in [9.17, 15) is 0 Å². The number of nitrogens with one attached hydrogen (secondary N) is 1. The van der Waals surface area contributed by atoms with Gasteiger partial charge >= 0.3 is 0 Å². The van der Waals surface area contributed by atoms with Crippen molar-refractivity contribution in [3.63, 3.8) is 0 Å². The van der Waals surface area contributed by atoms with Gasteiger partial charge < -0.3 is 0 Å². The van der Waals surface area contributed by atoms with Gasteiger partial charge in [-0.15, -0.1) is 0 Å². The number of aromatic nitrogens is 2. The fourth-order valence-electron chi connectivity index (χ4n) is 1.55. The van der Waals surface area contributed by atoms with Gasteiger partial charge in [0.15, 0.2) is 0 Å². The summed E-state index contributed by atoms with van der Waals surface area (Å²) in [5.74, 6) is 5.49. The molecule has 1 rings (SSSR count). The molecule has 14 heavy (non-hydrogen) atoms. The van der Waals surface area contributed by atoms with E-state index < -0.39 is 0 Å². The van der Waals surface area contributed by atoms with Crippen LogP contribution in [0, 0.1) is 0 Å². The van der Waals surface area contributed by atoms with Crippen LogP contribution in [0.2, 0.25) is 0 Å². The largest absolute Gasteiger partial charge is 0.272 e. The lowest BCUT2D eigenvalue weighted by Crippen LogP contribution is -2.27. The summed E-state index contributed by atoms with van der Waals surface area (Å²) < 4.78 is 1.97. The lowest BCUT2D eigenvalue weighted by Gasteiger charge is -2.11. The summed E-state index contributed by atoms with van der Waals surface area (Å²) in [6, 6.07) is 0.241. The molecule has 0 radical (unpaired) electrons. The molecule has 4 nitrogen and oxygen atoms in total. The Hall–Kier alpha value is -0.870. The maximum Gasteiger partial charge on any atom is 0.0538 e. The van der Waals surface area contributed by atoms with Crippen LogP contribution < -0.4 is 11.3 Å². The number of hydrogen-bond acceptors (Lipinski definition) is 3. The summed E-state index contributed by atoms with van der Waals surface area (Å²) in [6.45, 7) is 5.27. The molecule has 0 saturated heterocycles. The third kappa shape index (κ3) is 2.82. The summed E-state index contributed by atoms with van der Waals surface area (Å²) in [5, 5.41) is 4.28. The summed E-state index contributed by atoms with van der Waals surface area (Å²) in [7, 11) is 0. The molecule has 0 amide bonds. The second-order valence-corrected chi connectivity index (χ2v) is 3.54. The zero-order valence-corrected chi connectivity index (χ0v) is 9.03. The van der Waals surface area contributed by atoms with E-state index in [1.54, 1.807) is 0 Å². The highest BCUT2D eigenvalue weighted by Gasteiger charge is 2.10. The number of nitrogens with zero attached hydrogens (tertiary/aromatic N) is 2. The van der Waals surface area contributed by atoms with Crippen molar-refractivity contribution in [3.05, 3.63) is 18.0 Å². The average Bonchev–Trinajstić information content (AvgIpc) is 2.63. The molecule has 4 heteroatoms. The van der Waals surface area contributed by atoms with Crippen LogP contribution in [0.5, 0.6) is 0 Å². The summed E-state index contributed by atoms with van der Waals surface area (Å²) in [4.78, 5) is 0. The van der Waals surface area contributed by atoms with Crippen molar-refractivity contribution in [2.24, 2.45) is 5.84 Å². The first-order chi connectivity index (χ1) is 6.81. The van der Waals surface area contributed by atoms with E-state index in [0.717, 1.165) is 25.8 Å². The first kappa shape index (κ1) is 11.2. The molecule has 1 atom stereocenters. The number of rotatable bonds is 6. The van der Waals surface area contributed by atoms with Gasteiger partial charge in [-0.2, -0.15) is 5.10 Å². The lowest BCUT2D eigenvalue weighted by atomic mass is 10.1. The molecule has 0 saturated carbocycles. The molecule has 80 valence electrons. The molecular formula is C10H20N4. The van der Waals surface area contributed by atoms with Crippen LogP contribution in [0.3, 0.4) is 0 Å². The highest BCUT2D eigenvalue weighted by atomic mass is 15.3. The van der Waals surface area contributed by atoms with Gasteiger partial charge in [0.1, 0.15) is 0 Å². The van der Waals surface area contributed by atoms with Gasteiger partial charge in [0, 0.05) is 24.3 Å². The Balaban J connectivity index is 2.63. The van der Waals surface area contributed by atoms with Crippen molar-refractivity contribution in [1.82, 2.24) is 15.2 Å². The fourth-order valence-corrected chi connectivity index (χ4v) is 1.55.